The minimum absolute atomic E-state index is 0.110. The van der Waals surface area contributed by atoms with Crippen molar-refractivity contribution in [3.63, 3.8) is 0 Å². The Balaban J connectivity index is 1.64. The van der Waals surface area contributed by atoms with Gasteiger partial charge in [-0.1, -0.05) is 48.5 Å². The highest BCUT2D eigenvalue weighted by Gasteiger charge is 2.69. The number of rotatable bonds is 0. The number of hydrogen-bond donors (Lipinski definition) is 0. The summed E-state index contributed by atoms with van der Waals surface area (Å²) in [5.41, 5.74) is 5.70. The van der Waals surface area contributed by atoms with E-state index in [1.807, 2.05) is 0 Å². The van der Waals surface area contributed by atoms with Crippen LogP contribution in [0.3, 0.4) is 0 Å². The molecule has 7 rings (SSSR count). The van der Waals surface area contributed by atoms with Crippen molar-refractivity contribution in [3.8, 4) is 0 Å². The average Bonchev–Trinajstić information content (AvgIpc) is 3.11. The van der Waals surface area contributed by atoms with E-state index < -0.39 is 0 Å². The molecule has 0 heterocycles. The topological polar surface area (TPSA) is 17.1 Å². The van der Waals surface area contributed by atoms with Crippen molar-refractivity contribution in [2.45, 2.75) is 49.4 Å². The third-order valence-electron chi connectivity index (χ3n) is 7.45. The summed E-state index contributed by atoms with van der Waals surface area (Å²) in [6, 6.07) is 17.7. The van der Waals surface area contributed by atoms with Crippen LogP contribution in [0.25, 0.3) is 0 Å². The molecule has 2 saturated carbocycles. The molecular formula is C22H20O. The van der Waals surface area contributed by atoms with Crippen LogP contribution in [0.15, 0.2) is 48.5 Å². The average molecular weight is 300 g/mol. The zero-order chi connectivity index (χ0) is 15.2. The first kappa shape index (κ1) is 12.5. The van der Waals surface area contributed by atoms with E-state index in [-0.39, 0.29) is 11.3 Å². The van der Waals surface area contributed by atoms with Gasteiger partial charge in [0.1, 0.15) is 5.78 Å². The van der Waals surface area contributed by atoms with Crippen molar-refractivity contribution in [2.24, 2.45) is 5.41 Å². The predicted octanol–water partition coefficient (Wildman–Crippen LogP) is 4.89. The van der Waals surface area contributed by atoms with Crippen molar-refractivity contribution in [1.82, 2.24) is 0 Å². The summed E-state index contributed by atoms with van der Waals surface area (Å²) in [7, 11) is 0. The molecule has 5 aliphatic carbocycles. The zero-order valence-corrected chi connectivity index (χ0v) is 13.2. The Hall–Kier alpha value is -1.89. The van der Waals surface area contributed by atoms with Gasteiger partial charge in [-0.3, -0.25) is 4.79 Å². The molecule has 114 valence electrons. The van der Waals surface area contributed by atoms with E-state index in [1.54, 1.807) is 0 Å². The fourth-order valence-electron chi connectivity index (χ4n) is 6.89. The third kappa shape index (κ3) is 1.20. The Morgan fingerprint density at radius 1 is 0.652 bits per heavy atom. The number of fused-ring (bicyclic) bond motifs is 4. The van der Waals surface area contributed by atoms with Gasteiger partial charge in [0.05, 0.1) is 5.41 Å². The van der Waals surface area contributed by atoms with Gasteiger partial charge < -0.3 is 0 Å². The van der Waals surface area contributed by atoms with Gasteiger partial charge in [0.15, 0.2) is 0 Å². The largest absolute Gasteiger partial charge is 0.298 e. The predicted molar refractivity (Wildman–Crippen MR) is 89.8 cm³/mol. The monoisotopic (exact) mass is 300 g/mol. The normalized spacial score (nSPS) is 38.9. The molecule has 1 heteroatoms. The van der Waals surface area contributed by atoms with Crippen LogP contribution >= 0.6 is 0 Å². The molecule has 2 aromatic rings. The Morgan fingerprint density at radius 2 is 1.09 bits per heavy atom. The van der Waals surface area contributed by atoms with Crippen LogP contribution in [-0.2, 0) is 4.79 Å². The van der Waals surface area contributed by atoms with Gasteiger partial charge in [-0.25, -0.2) is 0 Å². The summed E-state index contributed by atoms with van der Waals surface area (Å²) < 4.78 is 0. The van der Waals surface area contributed by atoms with Gasteiger partial charge in [0.25, 0.3) is 0 Å². The summed E-state index contributed by atoms with van der Waals surface area (Å²) >= 11 is 0. The highest BCUT2D eigenvalue weighted by molar-refractivity contribution is 5.98. The molecule has 4 bridgehead atoms. The van der Waals surface area contributed by atoms with E-state index in [9.17, 15) is 4.79 Å². The van der Waals surface area contributed by atoms with Crippen molar-refractivity contribution >= 4 is 5.78 Å². The van der Waals surface area contributed by atoms with Crippen molar-refractivity contribution in [2.75, 3.05) is 0 Å². The lowest BCUT2D eigenvalue weighted by Crippen LogP contribution is -2.50. The summed E-state index contributed by atoms with van der Waals surface area (Å²) in [4.78, 5) is 13.7. The minimum atomic E-state index is -0.110. The van der Waals surface area contributed by atoms with Gasteiger partial charge >= 0.3 is 0 Å². The number of Topliss-reactive ketones (excluding diaryl/α,β-unsaturated/α-hetero) is 1. The molecule has 2 fully saturated rings. The van der Waals surface area contributed by atoms with E-state index in [2.05, 4.69) is 48.5 Å². The summed E-state index contributed by atoms with van der Waals surface area (Å²) in [6.45, 7) is 0. The molecule has 5 aliphatic rings. The van der Waals surface area contributed by atoms with E-state index in [1.165, 1.54) is 41.5 Å². The lowest BCUT2D eigenvalue weighted by Gasteiger charge is -2.52. The lowest BCUT2D eigenvalue weighted by atomic mass is 9.49. The van der Waals surface area contributed by atoms with Gasteiger partial charge in [0, 0.05) is 5.92 Å². The Labute approximate surface area is 136 Å². The number of carbonyl (C=O) groups excluding carboxylic acids is 1. The number of hydrogen-bond acceptors (Lipinski definition) is 1. The summed E-state index contributed by atoms with van der Waals surface area (Å²) in [5, 5.41) is 0. The maximum atomic E-state index is 13.7. The first-order chi connectivity index (χ1) is 11.3. The van der Waals surface area contributed by atoms with Crippen molar-refractivity contribution in [1.29, 1.82) is 0 Å². The molecule has 0 radical (unpaired) electrons. The molecule has 0 aromatic heterocycles. The Kier molecular flexibility index (Phi) is 2.15. The molecule has 1 nitrogen and oxygen atoms in total. The molecule has 5 atom stereocenters. The minimum Gasteiger partial charge on any atom is -0.298 e. The molecule has 2 aromatic carbocycles. The second kappa shape index (κ2) is 3.95. The first-order valence-electron chi connectivity index (χ1n) is 9.05. The summed E-state index contributed by atoms with van der Waals surface area (Å²) in [6.07, 6.45) is 4.68. The standard InChI is InChI=1S/C22H20O/c23-21-17-9-10-18(14-6-2-1-5-13(14)17)22(21)19-11-12-20(22)16-8-4-3-7-15(16)19/h1-8,17-20H,9-12H2/t17-,18+,19-,20+,22?/m0/s1. The molecule has 1 unspecified atom stereocenters. The number of ketones is 1. The van der Waals surface area contributed by atoms with Gasteiger partial charge in [-0.2, -0.15) is 0 Å². The molecule has 0 saturated heterocycles. The van der Waals surface area contributed by atoms with Crippen LogP contribution < -0.4 is 0 Å². The SMILES string of the molecule is O=C1[C@H]2CC[C@H](c3ccccc32)C12[C@@H]1CC[C@H]2c2ccccc21. The first-order valence-corrected chi connectivity index (χ1v) is 9.05. The molecular weight excluding hydrogens is 280 g/mol. The van der Waals surface area contributed by atoms with Gasteiger partial charge in [-0.15, -0.1) is 0 Å². The van der Waals surface area contributed by atoms with Crippen molar-refractivity contribution < 1.29 is 4.79 Å². The highest BCUT2D eigenvalue weighted by atomic mass is 16.1. The second-order valence-corrected chi connectivity index (χ2v) is 7.92. The molecule has 0 amide bonds. The fraction of sp³-hybridized carbons (Fsp3) is 0.409. The van der Waals surface area contributed by atoms with E-state index >= 15 is 0 Å². The van der Waals surface area contributed by atoms with Crippen LogP contribution in [0.1, 0.15) is 71.6 Å². The van der Waals surface area contributed by atoms with E-state index in [4.69, 9.17) is 0 Å². The quantitative estimate of drug-likeness (QED) is 0.677. The maximum Gasteiger partial charge on any atom is 0.148 e. The maximum absolute atomic E-state index is 13.7. The fourth-order valence-corrected chi connectivity index (χ4v) is 6.89. The van der Waals surface area contributed by atoms with Crippen molar-refractivity contribution in [3.05, 3.63) is 70.8 Å². The Bertz CT molecular complexity index is 818. The second-order valence-electron chi connectivity index (χ2n) is 7.92. The smallest absolute Gasteiger partial charge is 0.148 e. The third-order valence-corrected chi connectivity index (χ3v) is 7.45. The number of benzene rings is 2. The van der Waals surface area contributed by atoms with Crippen LogP contribution in [0.2, 0.25) is 0 Å². The van der Waals surface area contributed by atoms with Crippen LogP contribution in [0, 0.1) is 5.41 Å². The Morgan fingerprint density at radius 3 is 1.65 bits per heavy atom. The van der Waals surface area contributed by atoms with Crippen LogP contribution in [0.5, 0.6) is 0 Å². The van der Waals surface area contributed by atoms with Gasteiger partial charge in [-0.05, 0) is 65.7 Å². The highest BCUT2D eigenvalue weighted by Crippen LogP contribution is 2.75. The molecule has 0 aliphatic heterocycles. The molecule has 23 heavy (non-hydrogen) atoms. The van der Waals surface area contributed by atoms with Gasteiger partial charge in [0.2, 0.25) is 0 Å². The lowest BCUT2D eigenvalue weighted by molar-refractivity contribution is -0.137. The molecule has 0 N–H and O–H groups in total. The summed E-state index contributed by atoms with van der Waals surface area (Å²) in [5.74, 6) is 2.13. The molecule has 1 spiro atoms. The number of carbonyl (C=O) groups is 1. The zero-order valence-electron chi connectivity index (χ0n) is 13.2. The van der Waals surface area contributed by atoms with Crippen LogP contribution in [0.4, 0.5) is 0 Å². The van der Waals surface area contributed by atoms with Crippen LogP contribution in [-0.4, -0.2) is 5.78 Å². The van der Waals surface area contributed by atoms with E-state index in [0.29, 0.717) is 23.5 Å². The van der Waals surface area contributed by atoms with E-state index in [0.717, 1.165) is 6.42 Å².